The van der Waals surface area contributed by atoms with Gasteiger partial charge >= 0.3 is 0 Å². The van der Waals surface area contributed by atoms with E-state index in [0.717, 1.165) is 11.3 Å². The highest BCUT2D eigenvalue weighted by atomic mass is 32.1. The van der Waals surface area contributed by atoms with Crippen LogP contribution >= 0.6 is 12.2 Å². The van der Waals surface area contributed by atoms with Gasteiger partial charge in [-0.15, -0.1) is 0 Å². The SMILES string of the molecule is CCOc1ccc(/C=C/C(=O)NC(=S)Nc2ccccc2C(=O)NCc2ccco2)cc1. The van der Waals surface area contributed by atoms with E-state index in [4.69, 9.17) is 21.4 Å². The van der Waals surface area contributed by atoms with Gasteiger partial charge in [-0.2, -0.15) is 0 Å². The summed E-state index contributed by atoms with van der Waals surface area (Å²) in [6.07, 6.45) is 4.60. The zero-order chi connectivity index (χ0) is 22.8. The summed E-state index contributed by atoms with van der Waals surface area (Å²) in [6.45, 7) is 2.77. The number of ether oxygens (including phenoxy) is 1. The minimum Gasteiger partial charge on any atom is -0.494 e. The van der Waals surface area contributed by atoms with E-state index in [9.17, 15) is 9.59 Å². The minimum absolute atomic E-state index is 0.0811. The van der Waals surface area contributed by atoms with Crippen molar-refractivity contribution in [3.05, 3.63) is 89.9 Å². The molecule has 0 saturated heterocycles. The van der Waals surface area contributed by atoms with E-state index in [1.807, 2.05) is 31.2 Å². The number of hydrogen-bond acceptors (Lipinski definition) is 5. The maximum atomic E-state index is 12.5. The Morgan fingerprint density at radius 1 is 1.06 bits per heavy atom. The maximum Gasteiger partial charge on any atom is 0.253 e. The Labute approximate surface area is 191 Å². The van der Waals surface area contributed by atoms with Crippen LogP contribution in [0.25, 0.3) is 6.08 Å². The highest BCUT2D eigenvalue weighted by molar-refractivity contribution is 7.80. The summed E-state index contributed by atoms with van der Waals surface area (Å²) in [5.41, 5.74) is 1.71. The number of furan rings is 1. The second-order valence-electron chi connectivity index (χ2n) is 6.59. The third kappa shape index (κ3) is 6.82. The zero-order valence-corrected chi connectivity index (χ0v) is 18.3. The van der Waals surface area contributed by atoms with Crippen molar-refractivity contribution >= 4 is 40.9 Å². The number of hydrogen-bond donors (Lipinski definition) is 3. The van der Waals surface area contributed by atoms with Gasteiger partial charge in [0.05, 0.1) is 30.7 Å². The van der Waals surface area contributed by atoms with Gasteiger partial charge in [-0.1, -0.05) is 24.3 Å². The van der Waals surface area contributed by atoms with Crippen molar-refractivity contribution in [2.75, 3.05) is 11.9 Å². The van der Waals surface area contributed by atoms with Gasteiger partial charge in [-0.3, -0.25) is 14.9 Å². The molecule has 3 rings (SSSR count). The number of thiocarbonyl (C=S) groups is 1. The van der Waals surface area contributed by atoms with Crippen LogP contribution in [0.15, 0.2) is 77.4 Å². The van der Waals surface area contributed by atoms with Crippen molar-refractivity contribution in [2.24, 2.45) is 0 Å². The lowest BCUT2D eigenvalue weighted by atomic mass is 10.1. The maximum absolute atomic E-state index is 12.5. The molecule has 1 aromatic heterocycles. The number of amides is 2. The first-order valence-electron chi connectivity index (χ1n) is 9.97. The van der Waals surface area contributed by atoms with E-state index < -0.39 is 5.91 Å². The molecule has 0 aliphatic rings. The topological polar surface area (TPSA) is 92.6 Å². The average molecular weight is 450 g/mol. The third-order valence-corrected chi connectivity index (χ3v) is 4.48. The Bertz CT molecular complexity index is 1090. The van der Waals surface area contributed by atoms with Crippen molar-refractivity contribution in [2.45, 2.75) is 13.5 Å². The molecule has 0 radical (unpaired) electrons. The molecule has 164 valence electrons. The molecule has 3 N–H and O–H groups in total. The van der Waals surface area contributed by atoms with Gasteiger partial charge < -0.3 is 19.8 Å². The van der Waals surface area contributed by atoms with E-state index >= 15 is 0 Å². The number of carbonyl (C=O) groups excluding carboxylic acids is 2. The van der Waals surface area contributed by atoms with E-state index in [2.05, 4.69) is 16.0 Å². The third-order valence-electron chi connectivity index (χ3n) is 4.28. The van der Waals surface area contributed by atoms with Crippen LogP contribution in [-0.2, 0) is 11.3 Å². The number of anilines is 1. The molecule has 2 amide bonds. The molecule has 32 heavy (non-hydrogen) atoms. The quantitative estimate of drug-likeness (QED) is 0.354. The van der Waals surface area contributed by atoms with E-state index in [1.165, 1.54) is 6.08 Å². The summed E-state index contributed by atoms with van der Waals surface area (Å²) < 4.78 is 10.6. The first-order chi connectivity index (χ1) is 15.5. The number of carbonyl (C=O) groups is 2. The molecular weight excluding hydrogens is 426 g/mol. The number of rotatable bonds is 8. The monoisotopic (exact) mass is 449 g/mol. The Morgan fingerprint density at radius 3 is 2.56 bits per heavy atom. The lowest BCUT2D eigenvalue weighted by molar-refractivity contribution is -0.115. The van der Waals surface area contributed by atoms with Gasteiger partial charge in [0.15, 0.2) is 5.11 Å². The molecule has 0 saturated carbocycles. The highest BCUT2D eigenvalue weighted by Crippen LogP contribution is 2.16. The number of nitrogens with one attached hydrogen (secondary N) is 3. The number of benzene rings is 2. The Kier molecular flexibility index (Phi) is 8.16. The van der Waals surface area contributed by atoms with Crippen molar-refractivity contribution < 1.29 is 18.7 Å². The zero-order valence-electron chi connectivity index (χ0n) is 17.5. The molecule has 1 heterocycles. The van der Waals surface area contributed by atoms with Crippen LogP contribution in [0.3, 0.4) is 0 Å². The van der Waals surface area contributed by atoms with Crippen molar-refractivity contribution in [1.29, 1.82) is 0 Å². The Hall–Kier alpha value is -3.91. The van der Waals surface area contributed by atoms with Gasteiger partial charge in [0.2, 0.25) is 5.91 Å². The first kappa shape index (κ1) is 22.8. The Morgan fingerprint density at radius 2 is 1.84 bits per heavy atom. The molecule has 0 spiro atoms. The fourth-order valence-electron chi connectivity index (χ4n) is 2.79. The number of para-hydroxylation sites is 1. The van der Waals surface area contributed by atoms with Gasteiger partial charge in [0, 0.05) is 6.08 Å². The van der Waals surface area contributed by atoms with Gasteiger partial charge in [-0.05, 0) is 67.2 Å². The minimum atomic E-state index is -0.392. The van der Waals surface area contributed by atoms with Crippen LogP contribution in [0.4, 0.5) is 5.69 Å². The van der Waals surface area contributed by atoms with Crippen LogP contribution in [-0.4, -0.2) is 23.5 Å². The normalized spacial score (nSPS) is 10.5. The van der Waals surface area contributed by atoms with Crippen LogP contribution in [0.5, 0.6) is 5.75 Å². The van der Waals surface area contributed by atoms with Gasteiger partial charge in [0.1, 0.15) is 11.5 Å². The Balaban J connectivity index is 1.55. The first-order valence-corrected chi connectivity index (χ1v) is 10.4. The molecule has 0 atom stereocenters. The predicted molar refractivity (Wildman–Crippen MR) is 127 cm³/mol. The van der Waals surface area contributed by atoms with Crippen molar-refractivity contribution in [3.63, 3.8) is 0 Å². The molecule has 2 aromatic carbocycles. The van der Waals surface area contributed by atoms with E-state index in [0.29, 0.717) is 23.6 Å². The molecule has 8 heteroatoms. The molecule has 0 unspecified atom stereocenters. The average Bonchev–Trinajstić information content (AvgIpc) is 3.31. The smallest absolute Gasteiger partial charge is 0.253 e. The molecule has 0 aliphatic carbocycles. The van der Waals surface area contributed by atoms with Crippen LogP contribution in [0.1, 0.15) is 28.6 Å². The van der Waals surface area contributed by atoms with Crippen molar-refractivity contribution in [3.8, 4) is 5.75 Å². The van der Waals surface area contributed by atoms with Gasteiger partial charge in [-0.25, -0.2) is 0 Å². The highest BCUT2D eigenvalue weighted by Gasteiger charge is 2.12. The second-order valence-corrected chi connectivity index (χ2v) is 6.99. The molecule has 0 aliphatic heterocycles. The standard InChI is InChI=1S/C24H23N3O4S/c1-2-30-18-12-9-17(10-13-18)11-14-22(28)27-24(32)26-21-8-4-3-7-20(21)23(29)25-16-19-6-5-15-31-19/h3-15H,2,16H2,1H3,(H,25,29)(H2,26,27,28,32)/b14-11+. The second kappa shape index (κ2) is 11.5. The lowest BCUT2D eigenvalue weighted by Crippen LogP contribution is -2.33. The summed E-state index contributed by atoms with van der Waals surface area (Å²) in [6, 6.07) is 17.8. The predicted octanol–water partition coefficient (Wildman–Crippen LogP) is 4.13. The van der Waals surface area contributed by atoms with E-state index in [-0.39, 0.29) is 17.6 Å². The lowest BCUT2D eigenvalue weighted by Gasteiger charge is -2.12. The summed E-state index contributed by atoms with van der Waals surface area (Å²) in [7, 11) is 0. The van der Waals surface area contributed by atoms with Crippen LogP contribution < -0.4 is 20.7 Å². The van der Waals surface area contributed by atoms with E-state index in [1.54, 1.807) is 48.7 Å². The molecule has 3 aromatic rings. The molecule has 0 bridgehead atoms. The van der Waals surface area contributed by atoms with Crippen LogP contribution in [0, 0.1) is 0 Å². The summed E-state index contributed by atoms with van der Waals surface area (Å²) in [4.78, 5) is 24.7. The molecular formula is C24H23N3O4S. The fourth-order valence-corrected chi connectivity index (χ4v) is 3.00. The van der Waals surface area contributed by atoms with Crippen LogP contribution in [0.2, 0.25) is 0 Å². The molecule has 0 fully saturated rings. The fraction of sp³-hybridized carbons (Fsp3) is 0.125. The van der Waals surface area contributed by atoms with Gasteiger partial charge in [0.25, 0.3) is 5.91 Å². The molecule has 7 nitrogen and oxygen atoms in total. The summed E-state index contributed by atoms with van der Waals surface area (Å²) in [5.74, 6) is 0.724. The van der Waals surface area contributed by atoms with Crippen molar-refractivity contribution in [1.82, 2.24) is 10.6 Å². The largest absolute Gasteiger partial charge is 0.494 e. The summed E-state index contributed by atoms with van der Waals surface area (Å²) in [5, 5.41) is 8.34. The summed E-state index contributed by atoms with van der Waals surface area (Å²) >= 11 is 5.22.